The van der Waals surface area contributed by atoms with E-state index in [-0.39, 0.29) is 5.71 Å². The molecule has 0 aromatic heterocycles. The van der Waals surface area contributed by atoms with Gasteiger partial charge in [0.25, 0.3) is 0 Å². The van der Waals surface area contributed by atoms with E-state index < -0.39 is 12.0 Å². The Labute approximate surface area is 75.5 Å². The topological polar surface area (TPSA) is 68.1 Å². The van der Waals surface area contributed by atoms with E-state index in [4.69, 9.17) is 4.74 Å². The van der Waals surface area contributed by atoms with Crippen molar-refractivity contribution >= 4 is 23.9 Å². The summed E-state index contributed by atoms with van der Waals surface area (Å²) < 4.78 is 4.80. The van der Waals surface area contributed by atoms with Crippen molar-refractivity contribution in [3.05, 3.63) is 0 Å². The normalized spacial score (nSPS) is 14.5. The Kier molecular flexibility index (Phi) is 3.31. The lowest BCUT2D eigenvalue weighted by molar-refractivity contribution is -0.135. The molecule has 0 aromatic rings. The van der Waals surface area contributed by atoms with Crippen LogP contribution in [-0.2, 0) is 9.53 Å². The predicted octanol–water partition coefficient (Wildman–Crippen LogP) is 0.975. The summed E-state index contributed by atoms with van der Waals surface area (Å²) in [6.45, 7) is 2.35. The van der Waals surface area contributed by atoms with E-state index >= 15 is 0 Å². The van der Waals surface area contributed by atoms with Gasteiger partial charge >= 0.3 is 12.0 Å². The van der Waals surface area contributed by atoms with Gasteiger partial charge in [-0.1, -0.05) is 13.3 Å². The molecule has 0 N–H and O–H groups in total. The molecule has 0 radical (unpaired) electrons. The Hall–Kier alpha value is -1.52. The van der Waals surface area contributed by atoms with Gasteiger partial charge in [-0.15, -0.1) is 0 Å². The zero-order valence-electron chi connectivity index (χ0n) is 7.32. The van der Waals surface area contributed by atoms with Crippen molar-refractivity contribution in [3.8, 4) is 0 Å². The van der Waals surface area contributed by atoms with Crippen LogP contribution >= 0.6 is 0 Å². The highest BCUT2D eigenvalue weighted by Gasteiger charge is 2.17. The van der Waals surface area contributed by atoms with E-state index in [0.29, 0.717) is 6.61 Å². The minimum Gasteiger partial charge on any atom is -0.461 e. The summed E-state index contributed by atoms with van der Waals surface area (Å²) in [5.41, 5.74) is -0.0129. The van der Waals surface area contributed by atoms with Crippen LogP contribution in [0.1, 0.15) is 19.8 Å². The maximum atomic E-state index is 11.1. The Balaban J connectivity index is 2.37. The fourth-order valence-corrected chi connectivity index (χ4v) is 0.759. The molecule has 0 saturated heterocycles. The molecule has 5 heteroatoms. The van der Waals surface area contributed by atoms with Gasteiger partial charge in [-0.05, 0) is 6.42 Å². The molecule has 1 rings (SSSR count). The zero-order valence-corrected chi connectivity index (χ0v) is 7.32. The molecule has 0 unspecified atom stereocenters. The Morgan fingerprint density at radius 1 is 1.62 bits per heavy atom. The smallest absolute Gasteiger partial charge is 0.367 e. The summed E-state index contributed by atoms with van der Waals surface area (Å²) in [5, 5.41) is 0. The molecule has 0 fully saturated rings. The first-order chi connectivity index (χ1) is 6.24. The number of aliphatic imine (C=N–C) groups is 2. The monoisotopic (exact) mass is 182 g/mol. The van der Waals surface area contributed by atoms with Gasteiger partial charge in [0, 0.05) is 0 Å². The zero-order chi connectivity index (χ0) is 9.68. The van der Waals surface area contributed by atoms with E-state index in [1.54, 1.807) is 0 Å². The van der Waals surface area contributed by atoms with E-state index in [9.17, 15) is 9.59 Å². The Morgan fingerprint density at radius 2 is 2.38 bits per heavy atom. The number of amides is 2. The van der Waals surface area contributed by atoms with Crippen LogP contribution in [0.25, 0.3) is 0 Å². The molecule has 0 aliphatic carbocycles. The number of urea groups is 1. The lowest BCUT2D eigenvalue weighted by atomic mass is 10.3. The van der Waals surface area contributed by atoms with Gasteiger partial charge in [0.05, 0.1) is 12.8 Å². The van der Waals surface area contributed by atoms with E-state index in [0.717, 1.165) is 19.1 Å². The fourth-order valence-electron chi connectivity index (χ4n) is 0.759. The molecule has 0 aromatic carbocycles. The highest BCUT2D eigenvalue weighted by molar-refractivity contribution is 6.62. The second-order valence-corrected chi connectivity index (χ2v) is 2.53. The minimum atomic E-state index is -0.651. The number of nitrogens with zero attached hydrogens (tertiary/aromatic N) is 2. The van der Waals surface area contributed by atoms with Gasteiger partial charge in [0.1, 0.15) is 0 Å². The molecule has 0 saturated carbocycles. The van der Waals surface area contributed by atoms with Gasteiger partial charge in [-0.3, -0.25) is 0 Å². The SMILES string of the molecule is CCCCOC(=O)C1=NC(=O)N=C1. The average molecular weight is 182 g/mol. The number of carbonyl (C=O) groups is 2. The molecule has 0 spiro atoms. The number of unbranched alkanes of at least 4 members (excludes halogenated alkanes) is 1. The molecule has 0 bridgehead atoms. The van der Waals surface area contributed by atoms with Crippen molar-refractivity contribution < 1.29 is 14.3 Å². The third kappa shape index (κ3) is 2.77. The molecular weight excluding hydrogens is 172 g/mol. The highest BCUT2D eigenvalue weighted by Crippen LogP contribution is 1.96. The first-order valence-electron chi connectivity index (χ1n) is 4.08. The first-order valence-corrected chi connectivity index (χ1v) is 4.08. The van der Waals surface area contributed by atoms with Crippen LogP contribution in [0.15, 0.2) is 9.98 Å². The molecule has 70 valence electrons. The second-order valence-electron chi connectivity index (χ2n) is 2.53. The molecule has 1 aliphatic heterocycles. The highest BCUT2D eigenvalue weighted by atomic mass is 16.5. The number of carbonyl (C=O) groups excluding carboxylic acids is 2. The molecule has 2 amide bonds. The molecular formula is C8H10N2O3. The number of esters is 1. The van der Waals surface area contributed by atoms with Crippen molar-refractivity contribution in [1.29, 1.82) is 0 Å². The quantitative estimate of drug-likeness (QED) is 0.480. The van der Waals surface area contributed by atoms with Gasteiger partial charge in [-0.25, -0.2) is 9.59 Å². The van der Waals surface area contributed by atoms with Crippen molar-refractivity contribution in [3.63, 3.8) is 0 Å². The van der Waals surface area contributed by atoms with Gasteiger partial charge in [-0.2, -0.15) is 9.98 Å². The summed E-state index contributed by atoms with van der Waals surface area (Å²) in [5.74, 6) is -0.581. The van der Waals surface area contributed by atoms with Crippen LogP contribution in [0, 0.1) is 0 Å². The van der Waals surface area contributed by atoms with Crippen molar-refractivity contribution in [2.45, 2.75) is 19.8 Å². The van der Waals surface area contributed by atoms with Gasteiger partial charge in [0.15, 0.2) is 5.71 Å². The second kappa shape index (κ2) is 4.49. The summed E-state index contributed by atoms with van der Waals surface area (Å²) in [6.07, 6.45) is 2.88. The number of ether oxygens (including phenoxy) is 1. The van der Waals surface area contributed by atoms with E-state index in [2.05, 4.69) is 9.98 Å². The lowest BCUT2D eigenvalue weighted by Crippen LogP contribution is -2.17. The summed E-state index contributed by atoms with van der Waals surface area (Å²) >= 11 is 0. The number of rotatable bonds is 4. The molecule has 1 aliphatic rings. The average Bonchev–Trinajstić information content (AvgIpc) is 2.52. The largest absolute Gasteiger partial charge is 0.461 e. The lowest BCUT2D eigenvalue weighted by Gasteiger charge is -2.00. The van der Waals surface area contributed by atoms with Crippen molar-refractivity contribution in [2.75, 3.05) is 6.61 Å². The standard InChI is InChI=1S/C8H10N2O3/c1-2-3-4-13-7(11)6-5-9-8(12)10-6/h5H,2-4H2,1H3. The van der Waals surface area contributed by atoms with Crippen LogP contribution in [0.3, 0.4) is 0 Å². The molecule has 5 nitrogen and oxygen atoms in total. The Morgan fingerprint density at radius 3 is 2.92 bits per heavy atom. The number of hydrogen-bond acceptors (Lipinski definition) is 3. The van der Waals surface area contributed by atoms with Crippen LogP contribution in [0.5, 0.6) is 0 Å². The van der Waals surface area contributed by atoms with Crippen LogP contribution < -0.4 is 0 Å². The number of hydrogen-bond donors (Lipinski definition) is 0. The third-order valence-corrected chi connectivity index (χ3v) is 1.45. The van der Waals surface area contributed by atoms with Gasteiger partial charge < -0.3 is 4.74 Å². The van der Waals surface area contributed by atoms with Gasteiger partial charge in [0.2, 0.25) is 0 Å². The van der Waals surface area contributed by atoms with E-state index in [1.807, 2.05) is 6.92 Å². The predicted molar refractivity (Wildman–Crippen MR) is 47.2 cm³/mol. The maximum Gasteiger partial charge on any atom is 0.367 e. The molecule has 13 heavy (non-hydrogen) atoms. The first kappa shape index (κ1) is 9.57. The minimum absolute atomic E-state index is 0.0129. The summed E-state index contributed by atoms with van der Waals surface area (Å²) in [7, 11) is 0. The Bertz CT molecular complexity index is 281. The van der Waals surface area contributed by atoms with Crippen molar-refractivity contribution in [2.24, 2.45) is 9.98 Å². The maximum absolute atomic E-state index is 11.1. The molecule has 1 heterocycles. The fraction of sp³-hybridized carbons (Fsp3) is 0.500. The van der Waals surface area contributed by atoms with Crippen LogP contribution in [-0.4, -0.2) is 30.5 Å². The summed E-state index contributed by atoms with van der Waals surface area (Å²) in [6, 6.07) is -0.651. The molecule has 0 atom stereocenters. The van der Waals surface area contributed by atoms with Crippen LogP contribution in [0.2, 0.25) is 0 Å². The van der Waals surface area contributed by atoms with Crippen molar-refractivity contribution in [1.82, 2.24) is 0 Å². The van der Waals surface area contributed by atoms with E-state index in [1.165, 1.54) is 0 Å². The van der Waals surface area contributed by atoms with Crippen LogP contribution in [0.4, 0.5) is 4.79 Å². The summed E-state index contributed by atoms with van der Waals surface area (Å²) in [4.78, 5) is 28.2. The third-order valence-electron chi connectivity index (χ3n) is 1.45.